The molecule has 0 atom stereocenters. The van der Waals surface area contributed by atoms with Crippen LogP contribution in [0.15, 0.2) is 4.52 Å². The normalized spacial score (nSPS) is 10.4. The van der Waals surface area contributed by atoms with Gasteiger partial charge < -0.3 is 9.84 Å². The van der Waals surface area contributed by atoms with E-state index in [1.807, 2.05) is 13.8 Å². The molecule has 90 valence electrons. The first-order valence-corrected chi connectivity index (χ1v) is 5.94. The lowest BCUT2D eigenvalue weighted by Gasteiger charge is -2.02. The summed E-state index contributed by atoms with van der Waals surface area (Å²) < 4.78 is 5.08. The van der Waals surface area contributed by atoms with Gasteiger partial charge in [-0.05, 0) is 13.3 Å². The molecule has 1 aromatic heterocycles. The Kier molecular flexibility index (Phi) is 5.02. The fourth-order valence-electron chi connectivity index (χ4n) is 1.57. The molecule has 16 heavy (non-hydrogen) atoms. The van der Waals surface area contributed by atoms with Gasteiger partial charge in [0.25, 0.3) is 5.91 Å². The third kappa shape index (κ3) is 3.08. The summed E-state index contributed by atoms with van der Waals surface area (Å²) in [6.07, 6.45) is 4.07. The van der Waals surface area contributed by atoms with E-state index in [1.165, 1.54) is 0 Å². The number of carbonyl (C=O) groups is 1. The molecule has 1 amide bonds. The molecule has 0 fully saturated rings. The zero-order valence-corrected chi connectivity index (χ0v) is 10.3. The van der Waals surface area contributed by atoms with Crippen LogP contribution in [0.25, 0.3) is 0 Å². The van der Waals surface area contributed by atoms with Crippen LogP contribution in [0.3, 0.4) is 0 Å². The van der Waals surface area contributed by atoms with Crippen LogP contribution in [-0.4, -0.2) is 17.6 Å². The van der Waals surface area contributed by atoms with Crippen molar-refractivity contribution in [3.8, 4) is 0 Å². The number of nitrogens with one attached hydrogen (secondary N) is 1. The Balaban J connectivity index is 2.49. The Morgan fingerprint density at radius 2 is 2.12 bits per heavy atom. The molecule has 0 spiro atoms. The van der Waals surface area contributed by atoms with Gasteiger partial charge in [0.15, 0.2) is 5.69 Å². The highest BCUT2D eigenvalue weighted by Crippen LogP contribution is 2.13. The summed E-state index contributed by atoms with van der Waals surface area (Å²) in [5.41, 5.74) is 1.28. The highest BCUT2D eigenvalue weighted by atomic mass is 16.5. The third-order valence-corrected chi connectivity index (χ3v) is 2.62. The maximum absolute atomic E-state index is 11.7. The molecule has 1 rings (SSSR count). The molecule has 0 aliphatic carbocycles. The maximum atomic E-state index is 11.7. The van der Waals surface area contributed by atoms with Gasteiger partial charge in [0.2, 0.25) is 0 Å². The van der Waals surface area contributed by atoms with Crippen molar-refractivity contribution in [1.82, 2.24) is 10.5 Å². The zero-order valence-electron chi connectivity index (χ0n) is 10.3. The second kappa shape index (κ2) is 6.30. The van der Waals surface area contributed by atoms with Gasteiger partial charge in [0, 0.05) is 18.5 Å². The topological polar surface area (TPSA) is 55.1 Å². The lowest BCUT2D eigenvalue weighted by molar-refractivity contribution is 0.0943. The van der Waals surface area contributed by atoms with Crippen LogP contribution in [0, 0.1) is 6.92 Å². The fourth-order valence-corrected chi connectivity index (χ4v) is 1.57. The first-order chi connectivity index (χ1) is 7.70. The highest BCUT2D eigenvalue weighted by molar-refractivity contribution is 5.93. The van der Waals surface area contributed by atoms with E-state index in [-0.39, 0.29) is 5.91 Å². The first-order valence-electron chi connectivity index (χ1n) is 5.94. The van der Waals surface area contributed by atoms with Gasteiger partial charge in [0.05, 0.1) is 0 Å². The molecule has 0 bridgehead atoms. The minimum atomic E-state index is -0.128. The van der Waals surface area contributed by atoms with E-state index < -0.39 is 0 Å². The van der Waals surface area contributed by atoms with E-state index in [1.54, 1.807) is 0 Å². The van der Waals surface area contributed by atoms with Gasteiger partial charge in [-0.25, -0.2) is 0 Å². The summed E-state index contributed by atoms with van der Waals surface area (Å²) in [5, 5.41) is 6.65. The number of aryl methyl sites for hydroxylation is 1. The average Bonchev–Trinajstić information content (AvgIpc) is 2.65. The minimum Gasteiger partial charge on any atom is -0.360 e. The molecule has 0 radical (unpaired) electrons. The SMILES string of the molecule is CCCCCNC(=O)c1noc(CC)c1C. The predicted molar refractivity (Wildman–Crippen MR) is 62.5 cm³/mol. The van der Waals surface area contributed by atoms with Crippen molar-refractivity contribution in [2.75, 3.05) is 6.54 Å². The van der Waals surface area contributed by atoms with Crippen molar-refractivity contribution in [3.05, 3.63) is 17.0 Å². The lowest BCUT2D eigenvalue weighted by atomic mass is 10.1. The second-order valence-electron chi connectivity index (χ2n) is 3.90. The van der Waals surface area contributed by atoms with E-state index >= 15 is 0 Å². The molecule has 1 aromatic rings. The van der Waals surface area contributed by atoms with Crippen LogP contribution in [0.1, 0.15) is 54.9 Å². The van der Waals surface area contributed by atoms with E-state index in [0.29, 0.717) is 12.2 Å². The Morgan fingerprint density at radius 1 is 1.38 bits per heavy atom. The number of carbonyl (C=O) groups excluding carboxylic acids is 1. The van der Waals surface area contributed by atoms with Crippen LogP contribution in [0.5, 0.6) is 0 Å². The summed E-state index contributed by atoms with van der Waals surface area (Å²) in [7, 11) is 0. The van der Waals surface area contributed by atoms with E-state index in [0.717, 1.165) is 37.0 Å². The largest absolute Gasteiger partial charge is 0.360 e. The van der Waals surface area contributed by atoms with Crippen molar-refractivity contribution in [1.29, 1.82) is 0 Å². The molecule has 0 unspecified atom stereocenters. The average molecular weight is 224 g/mol. The molecule has 0 aromatic carbocycles. The molecule has 0 aliphatic heterocycles. The van der Waals surface area contributed by atoms with Gasteiger partial charge in [-0.1, -0.05) is 31.8 Å². The maximum Gasteiger partial charge on any atom is 0.273 e. The van der Waals surface area contributed by atoms with Gasteiger partial charge >= 0.3 is 0 Å². The minimum absolute atomic E-state index is 0.128. The van der Waals surface area contributed by atoms with Crippen LogP contribution in [0.4, 0.5) is 0 Å². The van der Waals surface area contributed by atoms with Crippen molar-refractivity contribution in [3.63, 3.8) is 0 Å². The fraction of sp³-hybridized carbons (Fsp3) is 0.667. The van der Waals surface area contributed by atoms with Crippen molar-refractivity contribution in [2.24, 2.45) is 0 Å². The molecule has 0 saturated heterocycles. The first kappa shape index (κ1) is 12.7. The van der Waals surface area contributed by atoms with Crippen LogP contribution in [-0.2, 0) is 6.42 Å². The number of aromatic nitrogens is 1. The van der Waals surface area contributed by atoms with Gasteiger partial charge in [-0.3, -0.25) is 4.79 Å². The molecular formula is C12H20N2O2. The highest BCUT2D eigenvalue weighted by Gasteiger charge is 2.16. The number of hydrogen-bond acceptors (Lipinski definition) is 3. The Bertz CT molecular complexity index is 345. The van der Waals surface area contributed by atoms with Crippen molar-refractivity contribution >= 4 is 5.91 Å². The third-order valence-electron chi connectivity index (χ3n) is 2.62. The van der Waals surface area contributed by atoms with E-state index in [4.69, 9.17) is 4.52 Å². The van der Waals surface area contributed by atoms with Crippen LogP contribution < -0.4 is 5.32 Å². The molecule has 1 N–H and O–H groups in total. The summed E-state index contributed by atoms with van der Waals surface area (Å²) in [6.45, 7) is 6.70. The van der Waals surface area contributed by atoms with Crippen molar-refractivity contribution in [2.45, 2.75) is 46.5 Å². The van der Waals surface area contributed by atoms with Crippen LogP contribution >= 0.6 is 0 Å². The molecule has 4 heteroatoms. The summed E-state index contributed by atoms with van der Waals surface area (Å²) in [6, 6.07) is 0. The summed E-state index contributed by atoms with van der Waals surface area (Å²) >= 11 is 0. The zero-order chi connectivity index (χ0) is 12.0. The van der Waals surface area contributed by atoms with E-state index in [9.17, 15) is 4.79 Å². The predicted octanol–water partition coefficient (Wildman–Crippen LogP) is 2.47. The van der Waals surface area contributed by atoms with E-state index in [2.05, 4.69) is 17.4 Å². The van der Waals surface area contributed by atoms with Gasteiger partial charge in [-0.15, -0.1) is 0 Å². The number of hydrogen-bond donors (Lipinski definition) is 1. The second-order valence-corrected chi connectivity index (χ2v) is 3.90. The molecule has 4 nitrogen and oxygen atoms in total. The van der Waals surface area contributed by atoms with Crippen molar-refractivity contribution < 1.29 is 9.32 Å². The number of amides is 1. The number of rotatable bonds is 6. The van der Waals surface area contributed by atoms with Gasteiger partial charge in [-0.2, -0.15) is 0 Å². The molecular weight excluding hydrogens is 204 g/mol. The number of nitrogens with zero attached hydrogens (tertiary/aromatic N) is 1. The Labute approximate surface area is 96.4 Å². The monoisotopic (exact) mass is 224 g/mol. The number of unbranched alkanes of at least 4 members (excludes halogenated alkanes) is 2. The molecule has 1 heterocycles. The molecule has 0 aliphatic rings. The smallest absolute Gasteiger partial charge is 0.273 e. The standard InChI is InChI=1S/C12H20N2O2/c1-4-6-7-8-13-12(15)11-9(3)10(5-2)16-14-11/h4-8H2,1-3H3,(H,13,15). The Hall–Kier alpha value is -1.32. The van der Waals surface area contributed by atoms with Crippen LogP contribution in [0.2, 0.25) is 0 Å². The lowest BCUT2D eigenvalue weighted by Crippen LogP contribution is -2.25. The Morgan fingerprint density at radius 3 is 2.69 bits per heavy atom. The summed E-state index contributed by atoms with van der Waals surface area (Å²) in [4.78, 5) is 11.7. The summed E-state index contributed by atoms with van der Waals surface area (Å²) in [5.74, 6) is 0.663. The quantitative estimate of drug-likeness (QED) is 0.755. The van der Waals surface area contributed by atoms with Gasteiger partial charge in [0.1, 0.15) is 5.76 Å². The molecule has 0 saturated carbocycles.